The van der Waals surface area contributed by atoms with Crippen LogP contribution in [0.15, 0.2) is 22.0 Å². The molecular weight excluding hydrogens is 214 g/mol. The van der Waals surface area contributed by atoms with E-state index >= 15 is 0 Å². The van der Waals surface area contributed by atoms with Crippen molar-refractivity contribution in [3.8, 4) is 11.5 Å². The Hall–Kier alpha value is -1.45. The van der Waals surface area contributed by atoms with E-state index in [1.54, 1.807) is 11.8 Å². The minimum absolute atomic E-state index is 0.253. The number of hydrogen-bond donors (Lipinski definition) is 0. The number of thioether (sulfide) groups is 1. The maximum atomic E-state index is 10.1. The molecule has 4 nitrogen and oxygen atoms in total. The molecule has 0 fully saturated rings. The fourth-order valence-corrected chi connectivity index (χ4v) is 2.19. The summed E-state index contributed by atoms with van der Waals surface area (Å²) in [4.78, 5) is 14.6. The highest BCUT2D eigenvalue weighted by atomic mass is 32.2. The first-order valence-electron chi connectivity index (χ1n) is 4.36. The lowest BCUT2D eigenvalue weighted by molar-refractivity contribution is 0.172. The quantitative estimate of drug-likeness (QED) is 0.446. The number of ether oxygens (including phenoxy) is 2. The van der Waals surface area contributed by atoms with Gasteiger partial charge in [0.15, 0.2) is 11.5 Å². The van der Waals surface area contributed by atoms with E-state index in [1.807, 2.05) is 18.4 Å². The molecule has 0 amide bonds. The van der Waals surface area contributed by atoms with Gasteiger partial charge in [-0.1, -0.05) is 6.07 Å². The van der Waals surface area contributed by atoms with Crippen LogP contribution in [0.25, 0.3) is 0 Å². The minimum atomic E-state index is 0.253. The maximum absolute atomic E-state index is 10.1. The average Bonchev–Trinajstić information content (AvgIpc) is 2.73. The Balaban J connectivity index is 2.43. The van der Waals surface area contributed by atoms with Gasteiger partial charge in [-0.25, -0.2) is 9.79 Å². The van der Waals surface area contributed by atoms with E-state index in [9.17, 15) is 4.79 Å². The smallest absolute Gasteiger partial charge is 0.235 e. The second-order valence-corrected chi connectivity index (χ2v) is 3.72. The lowest BCUT2D eigenvalue weighted by atomic mass is 10.2. The molecule has 1 aromatic rings. The van der Waals surface area contributed by atoms with Gasteiger partial charge in [-0.15, -0.1) is 11.8 Å². The van der Waals surface area contributed by atoms with E-state index in [2.05, 4.69) is 4.99 Å². The topological polar surface area (TPSA) is 47.9 Å². The Morgan fingerprint density at radius 1 is 1.53 bits per heavy atom. The van der Waals surface area contributed by atoms with Crippen LogP contribution < -0.4 is 9.47 Å². The molecule has 0 saturated carbocycles. The predicted molar refractivity (Wildman–Crippen MR) is 56.2 cm³/mol. The number of fused-ring (bicyclic) bond motifs is 1. The van der Waals surface area contributed by atoms with Crippen molar-refractivity contribution in [3.63, 3.8) is 0 Å². The van der Waals surface area contributed by atoms with Gasteiger partial charge in [-0.2, -0.15) is 0 Å². The van der Waals surface area contributed by atoms with Gasteiger partial charge in [0.2, 0.25) is 12.9 Å². The summed E-state index contributed by atoms with van der Waals surface area (Å²) < 4.78 is 10.6. The Morgan fingerprint density at radius 3 is 3.13 bits per heavy atom. The van der Waals surface area contributed by atoms with Crippen molar-refractivity contribution in [2.45, 2.75) is 11.4 Å². The summed E-state index contributed by atoms with van der Waals surface area (Å²) in [5, 5.41) is 0. The normalized spacial score (nSPS) is 12.3. The molecule has 5 heteroatoms. The third-order valence-corrected chi connectivity index (χ3v) is 2.95. The highest BCUT2D eigenvalue weighted by molar-refractivity contribution is 7.98. The van der Waals surface area contributed by atoms with Crippen LogP contribution in [0.2, 0.25) is 0 Å². The molecule has 0 aliphatic carbocycles. The monoisotopic (exact) mass is 223 g/mol. The lowest BCUT2D eigenvalue weighted by Gasteiger charge is -2.07. The Bertz CT molecular complexity index is 427. The molecular formula is C10H9NO3S. The molecule has 78 valence electrons. The van der Waals surface area contributed by atoms with E-state index in [0.717, 1.165) is 22.0 Å². The van der Waals surface area contributed by atoms with Crippen molar-refractivity contribution in [1.82, 2.24) is 0 Å². The zero-order valence-corrected chi connectivity index (χ0v) is 8.97. The maximum Gasteiger partial charge on any atom is 0.235 e. The van der Waals surface area contributed by atoms with Gasteiger partial charge in [0, 0.05) is 0 Å². The first-order chi connectivity index (χ1) is 7.36. The summed E-state index contributed by atoms with van der Waals surface area (Å²) in [5.74, 6) is 1.50. The summed E-state index contributed by atoms with van der Waals surface area (Å²) in [6.07, 6.45) is 3.48. The lowest BCUT2D eigenvalue weighted by Crippen LogP contribution is -1.94. The van der Waals surface area contributed by atoms with Crippen molar-refractivity contribution in [2.24, 2.45) is 4.99 Å². The zero-order chi connectivity index (χ0) is 10.7. The second-order valence-electron chi connectivity index (χ2n) is 2.90. The van der Waals surface area contributed by atoms with Crippen LogP contribution in [0.4, 0.5) is 0 Å². The SMILES string of the molecule is CSc1c(CN=C=O)ccc2c1OCO2. The molecule has 1 aliphatic heterocycles. The number of aliphatic imine (C=N–C) groups is 1. The fraction of sp³-hybridized carbons (Fsp3) is 0.300. The standard InChI is InChI=1S/C10H9NO3S/c1-15-10-7(4-11-5-12)2-3-8-9(10)14-6-13-8/h2-3H,4,6H2,1H3. The molecule has 1 heterocycles. The van der Waals surface area contributed by atoms with Crippen LogP contribution in [0.1, 0.15) is 5.56 Å². The second kappa shape index (κ2) is 4.38. The van der Waals surface area contributed by atoms with Crippen LogP contribution >= 0.6 is 11.8 Å². The van der Waals surface area contributed by atoms with Crippen molar-refractivity contribution >= 4 is 17.8 Å². The van der Waals surface area contributed by atoms with Crippen LogP contribution in [-0.2, 0) is 11.3 Å². The number of hydrogen-bond acceptors (Lipinski definition) is 5. The van der Waals surface area contributed by atoms with Crippen molar-refractivity contribution in [1.29, 1.82) is 0 Å². The van der Waals surface area contributed by atoms with Gasteiger partial charge in [0.05, 0.1) is 11.4 Å². The third-order valence-electron chi connectivity index (χ3n) is 2.09. The highest BCUT2D eigenvalue weighted by Crippen LogP contribution is 2.42. The largest absolute Gasteiger partial charge is 0.454 e. The number of nitrogens with zero attached hydrogens (tertiary/aromatic N) is 1. The summed E-state index contributed by atoms with van der Waals surface area (Å²) in [6, 6.07) is 3.72. The molecule has 0 unspecified atom stereocenters. The number of rotatable bonds is 3. The Kier molecular flexibility index (Phi) is 2.94. The van der Waals surface area contributed by atoms with E-state index in [4.69, 9.17) is 9.47 Å². The van der Waals surface area contributed by atoms with Crippen LogP contribution in [-0.4, -0.2) is 19.1 Å². The van der Waals surface area contributed by atoms with Crippen molar-refractivity contribution < 1.29 is 14.3 Å². The molecule has 1 aliphatic rings. The Labute approximate surface area is 91.3 Å². The molecule has 0 aromatic heterocycles. The summed E-state index contributed by atoms with van der Waals surface area (Å²) in [5.41, 5.74) is 0.954. The molecule has 0 N–H and O–H groups in total. The van der Waals surface area contributed by atoms with Crippen LogP contribution in [0.3, 0.4) is 0 Å². The molecule has 0 bridgehead atoms. The first-order valence-corrected chi connectivity index (χ1v) is 5.58. The highest BCUT2D eigenvalue weighted by Gasteiger charge is 2.19. The van der Waals surface area contributed by atoms with Crippen molar-refractivity contribution in [3.05, 3.63) is 17.7 Å². The predicted octanol–water partition coefficient (Wildman–Crippen LogP) is 1.97. The molecule has 0 spiro atoms. The van der Waals surface area contributed by atoms with Crippen molar-refractivity contribution in [2.75, 3.05) is 13.0 Å². The zero-order valence-electron chi connectivity index (χ0n) is 8.15. The van der Waals surface area contributed by atoms with Gasteiger partial charge in [0.1, 0.15) is 0 Å². The number of benzene rings is 1. The first kappa shape index (κ1) is 10.1. The van der Waals surface area contributed by atoms with Crippen LogP contribution in [0, 0.1) is 0 Å². The molecule has 0 atom stereocenters. The van der Waals surface area contributed by atoms with E-state index in [-0.39, 0.29) is 6.79 Å². The number of carbonyl (C=O) groups excluding carboxylic acids is 1. The average molecular weight is 223 g/mol. The molecule has 0 radical (unpaired) electrons. The molecule has 15 heavy (non-hydrogen) atoms. The minimum Gasteiger partial charge on any atom is -0.454 e. The Morgan fingerprint density at radius 2 is 2.40 bits per heavy atom. The molecule has 2 rings (SSSR count). The van der Waals surface area contributed by atoms with Gasteiger partial charge in [-0.05, 0) is 17.9 Å². The fourth-order valence-electron chi connectivity index (χ4n) is 1.45. The van der Waals surface area contributed by atoms with Gasteiger partial charge < -0.3 is 9.47 Å². The summed E-state index contributed by atoms with van der Waals surface area (Å²) >= 11 is 1.56. The van der Waals surface area contributed by atoms with Gasteiger partial charge >= 0.3 is 0 Å². The van der Waals surface area contributed by atoms with Gasteiger partial charge in [0.25, 0.3) is 0 Å². The molecule has 0 saturated heterocycles. The van der Waals surface area contributed by atoms with Gasteiger partial charge in [-0.3, -0.25) is 0 Å². The van der Waals surface area contributed by atoms with E-state index in [1.165, 1.54) is 6.08 Å². The molecule has 1 aromatic carbocycles. The summed E-state index contributed by atoms with van der Waals surface area (Å²) in [6.45, 7) is 0.583. The van der Waals surface area contributed by atoms with E-state index < -0.39 is 0 Å². The van der Waals surface area contributed by atoms with E-state index in [0.29, 0.717) is 6.54 Å². The number of isocyanates is 1. The third kappa shape index (κ3) is 1.84. The van der Waals surface area contributed by atoms with Crippen LogP contribution in [0.5, 0.6) is 11.5 Å². The summed E-state index contributed by atoms with van der Waals surface area (Å²) in [7, 11) is 0.